The zero-order chi connectivity index (χ0) is 25.7. The lowest BCUT2D eigenvalue weighted by molar-refractivity contribution is -0.139. The van der Waals surface area contributed by atoms with E-state index in [1.54, 1.807) is 16.8 Å². The Bertz CT molecular complexity index is 1050. The van der Waals surface area contributed by atoms with Gasteiger partial charge in [0.05, 0.1) is 25.5 Å². The highest BCUT2D eigenvalue weighted by atomic mass is 19.1. The number of amides is 2. The number of morpholine rings is 1. The molecule has 4 rings (SSSR count). The summed E-state index contributed by atoms with van der Waals surface area (Å²) < 4.78 is 26.6. The van der Waals surface area contributed by atoms with Gasteiger partial charge in [0.25, 0.3) is 5.91 Å². The van der Waals surface area contributed by atoms with E-state index in [4.69, 9.17) is 9.47 Å². The van der Waals surface area contributed by atoms with Crippen LogP contribution in [-0.2, 0) is 16.1 Å². The number of hydrogen-bond acceptors (Lipinski definition) is 5. The Morgan fingerprint density at radius 3 is 2.53 bits per heavy atom. The molecule has 9 heteroatoms. The average Bonchev–Trinajstić information content (AvgIpc) is 3.34. The Morgan fingerprint density at radius 2 is 1.86 bits per heavy atom. The predicted molar refractivity (Wildman–Crippen MR) is 133 cm³/mol. The van der Waals surface area contributed by atoms with Crippen LogP contribution in [0.5, 0.6) is 5.75 Å². The van der Waals surface area contributed by atoms with Gasteiger partial charge in [0.1, 0.15) is 17.3 Å². The Hall–Kier alpha value is -2.94. The second kappa shape index (κ2) is 11.4. The molecule has 1 unspecified atom stereocenters. The Morgan fingerprint density at radius 1 is 1.14 bits per heavy atom. The standard InChI is InChI=1S/C27H37FN4O4/c1-4-32-24(16-23(29-32)20(2)3)26(34)31-11-5-10-27(18-31,17-25(33)30-12-14-35-15-13-30)19-36-22-8-6-21(28)7-9-22/h6-9,16,20H,4-5,10-15,17-19H2,1-3H3. The molecule has 0 N–H and O–H groups in total. The third kappa shape index (κ3) is 6.06. The summed E-state index contributed by atoms with van der Waals surface area (Å²) in [4.78, 5) is 30.7. The lowest BCUT2D eigenvalue weighted by Gasteiger charge is -2.43. The minimum atomic E-state index is -0.546. The highest BCUT2D eigenvalue weighted by Gasteiger charge is 2.41. The first-order valence-corrected chi connectivity index (χ1v) is 12.9. The van der Waals surface area contributed by atoms with E-state index in [-0.39, 0.29) is 36.6 Å². The highest BCUT2D eigenvalue weighted by Crippen LogP contribution is 2.36. The minimum Gasteiger partial charge on any atom is -0.493 e. The molecule has 3 heterocycles. The first-order valence-electron chi connectivity index (χ1n) is 12.9. The van der Waals surface area contributed by atoms with Crippen molar-refractivity contribution >= 4 is 11.8 Å². The van der Waals surface area contributed by atoms with Crippen LogP contribution < -0.4 is 4.74 Å². The number of carbonyl (C=O) groups is 2. The van der Waals surface area contributed by atoms with E-state index >= 15 is 0 Å². The molecular formula is C27H37FN4O4. The van der Waals surface area contributed by atoms with Crippen molar-refractivity contribution in [3.63, 3.8) is 0 Å². The molecule has 1 aromatic heterocycles. The third-order valence-electron chi connectivity index (χ3n) is 7.11. The largest absolute Gasteiger partial charge is 0.493 e. The molecular weight excluding hydrogens is 463 g/mol. The molecule has 36 heavy (non-hydrogen) atoms. The van der Waals surface area contributed by atoms with Gasteiger partial charge in [-0.1, -0.05) is 13.8 Å². The molecule has 0 spiro atoms. The third-order valence-corrected chi connectivity index (χ3v) is 7.11. The molecule has 2 saturated heterocycles. The summed E-state index contributed by atoms with van der Waals surface area (Å²) in [6.45, 7) is 10.2. The van der Waals surface area contributed by atoms with E-state index in [9.17, 15) is 14.0 Å². The number of carbonyl (C=O) groups excluding carboxylic acids is 2. The van der Waals surface area contributed by atoms with Gasteiger partial charge in [-0.3, -0.25) is 14.3 Å². The first-order chi connectivity index (χ1) is 17.3. The number of halogens is 1. The van der Waals surface area contributed by atoms with E-state index < -0.39 is 5.41 Å². The SMILES string of the molecule is CCn1nc(C(C)C)cc1C(=O)N1CCCC(COc2ccc(F)cc2)(CC(=O)N2CCOCC2)C1. The van der Waals surface area contributed by atoms with Crippen molar-refractivity contribution in [3.05, 3.63) is 47.5 Å². The molecule has 2 aliphatic heterocycles. The van der Waals surface area contributed by atoms with Crippen LogP contribution in [0.1, 0.15) is 62.1 Å². The topological polar surface area (TPSA) is 76.9 Å². The van der Waals surface area contributed by atoms with Crippen LogP contribution in [0.25, 0.3) is 0 Å². The van der Waals surface area contributed by atoms with Crippen molar-refractivity contribution < 1.29 is 23.5 Å². The molecule has 0 aliphatic carbocycles. The maximum absolute atomic E-state index is 13.7. The number of aryl methyl sites for hydroxylation is 1. The summed E-state index contributed by atoms with van der Waals surface area (Å²) in [5, 5.41) is 4.61. The summed E-state index contributed by atoms with van der Waals surface area (Å²) in [5.74, 6) is 0.419. The fraction of sp³-hybridized carbons (Fsp3) is 0.593. The van der Waals surface area contributed by atoms with E-state index in [2.05, 4.69) is 18.9 Å². The van der Waals surface area contributed by atoms with Crippen LogP contribution in [0, 0.1) is 11.2 Å². The molecule has 1 aromatic carbocycles. The molecule has 2 aliphatic rings. The molecule has 2 fully saturated rings. The van der Waals surface area contributed by atoms with Crippen LogP contribution in [0.15, 0.2) is 30.3 Å². The smallest absolute Gasteiger partial charge is 0.272 e. The van der Waals surface area contributed by atoms with Gasteiger partial charge in [-0.25, -0.2) is 4.39 Å². The van der Waals surface area contributed by atoms with Crippen LogP contribution in [0.3, 0.4) is 0 Å². The summed E-state index contributed by atoms with van der Waals surface area (Å²) in [7, 11) is 0. The van der Waals surface area contributed by atoms with Gasteiger partial charge in [0.15, 0.2) is 0 Å². The van der Waals surface area contributed by atoms with Gasteiger partial charge in [-0.15, -0.1) is 0 Å². The summed E-state index contributed by atoms with van der Waals surface area (Å²) in [5.41, 5.74) is 0.928. The zero-order valence-electron chi connectivity index (χ0n) is 21.5. The number of benzene rings is 1. The normalized spacial score (nSPS) is 20.6. The second-order valence-electron chi connectivity index (χ2n) is 10.2. The Labute approximate surface area is 212 Å². The second-order valence-corrected chi connectivity index (χ2v) is 10.2. The van der Waals surface area contributed by atoms with E-state index in [0.717, 1.165) is 18.5 Å². The first kappa shape index (κ1) is 26.1. The minimum absolute atomic E-state index is 0.0519. The summed E-state index contributed by atoms with van der Waals surface area (Å²) >= 11 is 0. The predicted octanol–water partition coefficient (Wildman–Crippen LogP) is 3.72. The van der Waals surface area contributed by atoms with E-state index in [0.29, 0.717) is 57.4 Å². The van der Waals surface area contributed by atoms with Gasteiger partial charge < -0.3 is 19.3 Å². The highest BCUT2D eigenvalue weighted by molar-refractivity contribution is 5.93. The van der Waals surface area contributed by atoms with Crippen LogP contribution in [0.2, 0.25) is 0 Å². The van der Waals surface area contributed by atoms with Gasteiger partial charge >= 0.3 is 0 Å². The zero-order valence-corrected chi connectivity index (χ0v) is 21.5. The van der Waals surface area contributed by atoms with Crippen molar-refractivity contribution in [2.45, 2.75) is 52.5 Å². The van der Waals surface area contributed by atoms with Crippen molar-refractivity contribution in [1.82, 2.24) is 19.6 Å². The van der Waals surface area contributed by atoms with Gasteiger partial charge in [-0.05, 0) is 56.0 Å². The monoisotopic (exact) mass is 500 g/mol. The Balaban J connectivity index is 1.56. The molecule has 8 nitrogen and oxygen atoms in total. The van der Waals surface area contributed by atoms with Crippen molar-refractivity contribution in [2.24, 2.45) is 5.41 Å². The molecule has 2 aromatic rings. The van der Waals surface area contributed by atoms with Gasteiger partial charge in [-0.2, -0.15) is 5.10 Å². The van der Waals surface area contributed by atoms with E-state index in [1.807, 2.05) is 22.8 Å². The Kier molecular flexibility index (Phi) is 8.28. The maximum Gasteiger partial charge on any atom is 0.272 e. The van der Waals surface area contributed by atoms with Crippen LogP contribution in [-0.4, -0.2) is 77.4 Å². The van der Waals surface area contributed by atoms with E-state index in [1.165, 1.54) is 12.1 Å². The molecule has 0 saturated carbocycles. The molecule has 2 amide bonds. The maximum atomic E-state index is 13.7. The average molecular weight is 501 g/mol. The van der Waals surface area contributed by atoms with Crippen LogP contribution >= 0.6 is 0 Å². The lowest BCUT2D eigenvalue weighted by atomic mass is 9.77. The molecule has 0 bridgehead atoms. The van der Waals surface area contributed by atoms with Crippen molar-refractivity contribution in [3.8, 4) is 5.75 Å². The lowest BCUT2D eigenvalue weighted by Crippen LogP contribution is -2.52. The summed E-state index contributed by atoms with van der Waals surface area (Å²) in [6, 6.07) is 7.78. The number of piperidine rings is 1. The van der Waals surface area contributed by atoms with Crippen molar-refractivity contribution in [1.29, 1.82) is 0 Å². The number of nitrogens with zero attached hydrogens (tertiary/aromatic N) is 4. The number of hydrogen-bond donors (Lipinski definition) is 0. The number of ether oxygens (including phenoxy) is 2. The summed E-state index contributed by atoms with van der Waals surface area (Å²) in [6.07, 6.45) is 1.81. The number of rotatable bonds is 8. The van der Waals surface area contributed by atoms with Crippen LogP contribution in [0.4, 0.5) is 4.39 Å². The quantitative estimate of drug-likeness (QED) is 0.552. The number of aromatic nitrogens is 2. The fourth-order valence-corrected chi connectivity index (χ4v) is 5.00. The fourth-order valence-electron chi connectivity index (χ4n) is 5.00. The number of likely N-dealkylation sites (tertiary alicyclic amines) is 1. The van der Waals surface area contributed by atoms with Crippen molar-refractivity contribution in [2.75, 3.05) is 46.0 Å². The molecule has 1 atom stereocenters. The molecule has 196 valence electrons. The molecule has 0 radical (unpaired) electrons. The van der Waals surface area contributed by atoms with Gasteiger partial charge in [0.2, 0.25) is 5.91 Å². The van der Waals surface area contributed by atoms with Gasteiger partial charge in [0, 0.05) is 44.6 Å².